The number of benzene rings is 1. The number of alkyl halides is 1. The molecule has 3 heterocycles. The highest BCUT2D eigenvalue weighted by molar-refractivity contribution is 5.95. The number of fused-ring (bicyclic) bond motifs is 1. The van der Waals surface area contributed by atoms with Crippen molar-refractivity contribution < 1.29 is 8.91 Å². The fourth-order valence-electron chi connectivity index (χ4n) is 5.03. The molecule has 1 fully saturated rings. The van der Waals surface area contributed by atoms with Crippen molar-refractivity contribution in [1.29, 1.82) is 0 Å². The van der Waals surface area contributed by atoms with E-state index in [2.05, 4.69) is 53.2 Å². The average Bonchev–Trinajstić information content (AvgIpc) is 3.29. The highest BCUT2D eigenvalue weighted by Crippen LogP contribution is 2.38. The van der Waals surface area contributed by atoms with Crippen LogP contribution >= 0.6 is 0 Å². The lowest BCUT2D eigenvalue weighted by atomic mass is 9.81. The Labute approximate surface area is 188 Å². The first-order valence-corrected chi connectivity index (χ1v) is 11.5. The van der Waals surface area contributed by atoms with E-state index in [1.165, 1.54) is 5.56 Å². The Bertz CT molecular complexity index is 1240. The van der Waals surface area contributed by atoms with E-state index in [-0.39, 0.29) is 0 Å². The van der Waals surface area contributed by atoms with Crippen LogP contribution in [0.25, 0.3) is 33.3 Å². The van der Waals surface area contributed by atoms with E-state index in [0.717, 1.165) is 64.1 Å². The van der Waals surface area contributed by atoms with Crippen LogP contribution in [0.5, 0.6) is 0 Å². The maximum atomic E-state index is 14.3. The molecule has 5 rings (SSSR count). The summed E-state index contributed by atoms with van der Waals surface area (Å²) >= 11 is 0. The van der Waals surface area contributed by atoms with Crippen LogP contribution < -0.4 is 0 Å². The first-order valence-electron chi connectivity index (χ1n) is 11.5. The minimum atomic E-state index is -1.01. The second-order valence-electron chi connectivity index (χ2n) is 9.71. The van der Waals surface area contributed by atoms with E-state index >= 15 is 0 Å². The van der Waals surface area contributed by atoms with Gasteiger partial charge in [-0.3, -0.25) is 4.98 Å². The van der Waals surface area contributed by atoms with Crippen molar-refractivity contribution in [2.75, 3.05) is 0 Å². The van der Waals surface area contributed by atoms with Gasteiger partial charge in [0.1, 0.15) is 11.4 Å². The minimum absolute atomic E-state index is 0.475. The number of aromatic nitrogens is 3. The molecule has 0 spiro atoms. The van der Waals surface area contributed by atoms with Gasteiger partial charge in [-0.15, -0.1) is 0 Å². The van der Waals surface area contributed by atoms with Crippen LogP contribution in [0, 0.1) is 26.7 Å². The summed E-state index contributed by atoms with van der Waals surface area (Å²) in [5.41, 5.74) is 7.52. The largest absolute Gasteiger partial charge is 0.361 e. The van der Waals surface area contributed by atoms with Crippen LogP contribution in [-0.4, -0.2) is 20.4 Å². The van der Waals surface area contributed by atoms with Crippen molar-refractivity contribution in [3.63, 3.8) is 0 Å². The number of aryl methyl sites for hydroxylation is 3. The predicted octanol–water partition coefficient (Wildman–Crippen LogP) is 7.20. The second kappa shape index (κ2) is 7.88. The summed E-state index contributed by atoms with van der Waals surface area (Å²) in [5, 5.41) is 4.12. The van der Waals surface area contributed by atoms with Crippen LogP contribution in [0.1, 0.15) is 49.6 Å². The molecule has 0 N–H and O–H groups in total. The molecule has 3 aromatic heterocycles. The SMILES string of the molecule is Cc1ccc(-c2cn(CC3CCC(C)(F)CC3)c3cc(-c4c(C)noc4C)cnc23)cc1. The lowest BCUT2D eigenvalue weighted by Crippen LogP contribution is -2.27. The summed E-state index contributed by atoms with van der Waals surface area (Å²) in [4.78, 5) is 4.90. The highest BCUT2D eigenvalue weighted by Gasteiger charge is 2.31. The fourth-order valence-corrected chi connectivity index (χ4v) is 5.03. The standard InChI is InChI=1S/C27H30FN3O/c1-17-5-7-21(8-6-17)23-16-31(15-20-9-11-27(4,28)12-10-20)24-13-22(14-29-26(23)24)25-18(2)30-32-19(25)3/h5-8,13-14,16,20H,9-12,15H2,1-4H3. The molecule has 0 radical (unpaired) electrons. The van der Waals surface area contributed by atoms with Gasteiger partial charge in [0.2, 0.25) is 0 Å². The Morgan fingerprint density at radius 3 is 2.47 bits per heavy atom. The predicted molar refractivity (Wildman–Crippen MR) is 126 cm³/mol. The van der Waals surface area contributed by atoms with Crippen molar-refractivity contribution >= 4 is 11.0 Å². The van der Waals surface area contributed by atoms with Gasteiger partial charge in [-0.25, -0.2) is 4.39 Å². The van der Waals surface area contributed by atoms with Crippen LogP contribution in [0.3, 0.4) is 0 Å². The molecule has 0 bridgehead atoms. The van der Waals surface area contributed by atoms with E-state index in [1.807, 2.05) is 20.0 Å². The summed E-state index contributed by atoms with van der Waals surface area (Å²) < 4.78 is 22.1. The first-order chi connectivity index (χ1) is 15.3. The van der Waals surface area contributed by atoms with Crippen LogP contribution in [-0.2, 0) is 6.54 Å². The van der Waals surface area contributed by atoms with Crippen LogP contribution in [0.4, 0.5) is 4.39 Å². The van der Waals surface area contributed by atoms with E-state index < -0.39 is 5.67 Å². The number of hydrogen-bond acceptors (Lipinski definition) is 3. The lowest BCUT2D eigenvalue weighted by Gasteiger charge is -2.31. The van der Waals surface area contributed by atoms with E-state index in [1.54, 1.807) is 6.92 Å². The molecular weight excluding hydrogens is 401 g/mol. The number of halogens is 1. The first kappa shape index (κ1) is 20.9. The molecule has 1 aliphatic rings. The van der Waals surface area contributed by atoms with Crippen LogP contribution in [0.2, 0.25) is 0 Å². The minimum Gasteiger partial charge on any atom is -0.361 e. The Kier molecular flexibility index (Phi) is 5.15. The maximum Gasteiger partial charge on any atom is 0.141 e. The molecule has 1 saturated carbocycles. The monoisotopic (exact) mass is 431 g/mol. The molecule has 4 aromatic rings. The summed E-state index contributed by atoms with van der Waals surface area (Å²) in [6, 6.07) is 10.8. The van der Waals surface area contributed by atoms with Crippen molar-refractivity contribution in [1.82, 2.24) is 14.7 Å². The van der Waals surface area contributed by atoms with E-state index in [0.29, 0.717) is 18.8 Å². The Balaban J connectivity index is 1.60. The van der Waals surface area contributed by atoms with Gasteiger partial charge in [-0.1, -0.05) is 35.0 Å². The van der Waals surface area contributed by atoms with Gasteiger partial charge in [0.15, 0.2) is 0 Å². The summed E-state index contributed by atoms with van der Waals surface area (Å²) in [6.07, 6.45) is 7.27. The van der Waals surface area contributed by atoms with Gasteiger partial charge in [0.05, 0.1) is 16.7 Å². The Morgan fingerprint density at radius 2 is 1.81 bits per heavy atom. The molecule has 166 valence electrons. The summed E-state index contributed by atoms with van der Waals surface area (Å²) in [6.45, 7) is 8.62. The van der Waals surface area contributed by atoms with E-state index in [9.17, 15) is 4.39 Å². The number of nitrogens with zero attached hydrogens (tertiary/aromatic N) is 3. The highest BCUT2D eigenvalue weighted by atomic mass is 19.1. The molecular formula is C27H30FN3O. The molecule has 5 heteroatoms. The van der Waals surface area contributed by atoms with Crippen molar-refractivity contribution in [2.24, 2.45) is 5.92 Å². The van der Waals surface area contributed by atoms with Gasteiger partial charge < -0.3 is 9.09 Å². The molecule has 32 heavy (non-hydrogen) atoms. The third-order valence-corrected chi connectivity index (χ3v) is 7.00. The normalized spacial score (nSPS) is 21.3. The van der Waals surface area contributed by atoms with Crippen molar-refractivity contribution in [3.8, 4) is 22.3 Å². The fraction of sp³-hybridized carbons (Fsp3) is 0.407. The van der Waals surface area contributed by atoms with Crippen LogP contribution in [0.15, 0.2) is 47.2 Å². The van der Waals surface area contributed by atoms with E-state index in [4.69, 9.17) is 9.51 Å². The third-order valence-electron chi connectivity index (χ3n) is 7.00. The third kappa shape index (κ3) is 3.85. The Hall–Kier alpha value is -2.95. The number of pyridine rings is 1. The molecule has 0 saturated heterocycles. The van der Waals surface area contributed by atoms with Gasteiger partial charge >= 0.3 is 0 Å². The van der Waals surface area contributed by atoms with Crippen molar-refractivity contribution in [3.05, 3.63) is 59.7 Å². The summed E-state index contributed by atoms with van der Waals surface area (Å²) in [5.74, 6) is 1.28. The quantitative estimate of drug-likeness (QED) is 0.343. The lowest BCUT2D eigenvalue weighted by molar-refractivity contribution is 0.0985. The second-order valence-corrected chi connectivity index (χ2v) is 9.71. The van der Waals surface area contributed by atoms with Gasteiger partial charge in [-0.05, 0) is 70.9 Å². The molecule has 0 unspecified atom stereocenters. The molecule has 1 aromatic carbocycles. The van der Waals surface area contributed by atoms with Crippen molar-refractivity contribution in [2.45, 2.75) is 65.6 Å². The number of hydrogen-bond donors (Lipinski definition) is 0. The van der Waals surface area contributed by atoms with Gasteiger partial charge in [0, 0.05) is 35.6 Å². The maximum absolute atomic E-state index is 14.3. The number of rotatable bonds is 4. The summed E-state index contributed by atoms with van der Waals surface area (Å²) in [7, 11) is 0. The zero-order valence-corrected chi connectivity index (χ0v) is 19.3. The van der Waals surface area contributed by atoms with Gasteiger partial charge in [-0.2, -0.15) is 0 Å². The zero-order chi connectivity index (χ0) is 22.5. The topological polar surface area (TPSA) is 43.9 Å². The molecule has 0 aliphatic heterocycles. The molecule has 4 nitrogen and oxygen atoms in total. The Morgan fingerprint density at radius 1 is 1.09 bits per heavy atom. The molecule has 0 atom stereocenters. The average molecular weight is 432 g/mol. The smallest absolute Gasteiger partial charge is 0.141 e. The molecule has 1 aliphatic carbocycles. The zero-order valence-electron chi connectivity index (χ0n) is 19.3. The molecule has 0 amide bonds. The van der Waals surface area contributed by atoms with Gasteiger partial charge in [0.25, 0.3) is 0 Å².